The minimum absolute atomic E-state index is 0.126. The Kier molecular flexibility index (Phi) is 4.99. The molecule has 1 N–H and O–H groups in total. The Morgan fingerprint density at radius 1 is 1.58 bits per heavy atom. The van der Waals surface area contributed by atoms with Crippen molar-refractivity contribution >= 4 is 17.9 Å². The summed E-state index contributed by atoms with van der Waals surface area (Å²) in [4.78, 5) is 31.7. The van der Waals surface area contributed by atoms with E-state index in [-0.39, 0.29) is 17.7 Å². The summed E-state index contributed by atoms with van der Waals surface area (Å²) in [5.74, 6) is -1.34. The average Bonchev–Trinajstić information content (AvgIpc) is 2.38. The van der Waals surface area contributed by atoms with Gasteiger partial charge in [-0.15, -0.1) is 0 Å². The fourth-order valence-electron chi connectivity index (χ4n) is 1.50. The van der Waals surface area contributed by atoms with Gasteiger partial charge in [0.2, 0.25) is 0 Å². The lowest BCUT2D eigenvalue weighted by Crippen LogP contribution is -2.27. The van der Waals surface area contributed by atoms with E-state index < -0.39 is 22.7 Å². The van der Waals surface area contributed by atoms with Gasteiger partial charge in [-0.25, -0.2) is 4.79 Å². The van der Waals surface area contributed by atoms with Crippen LogP contribution in [0.2, 0.25) is 0 Å². The van der Waals surface area contributed by atoms with Crippen LogP contribution in [0.15, 0.2) is 18.2 Å². The number of nitrogens with zero attached hydrogens (tertiary/aromatic N) is 1. The number of ether oxygens (including phenoxy) is 1. The Hall–Kier alpha value is -2.44. The van der Waals surface area contributed by atoms with E-state index in [1.54, 1.807) is 6.92 Å². The molecule has 0 bridgehead atoms. The molecule has 0 aliphatic heterocycles. The zero-order valence-corrected chi connectivity index (χ0v) is 10.2. The molecule has 1 unspecified atom stereocenters. The van der Waals surface area contributed by atoms with Gasteiger partial charge in [0.25, 0.3) is 0 Å². The third-order valence-corrected chi connectivity index (χ3v) is 2.41. The molecule has 1 atom stereocenters. The molecule has 0 amide bonds. The summed E-state index contributed by atoms with van der Waals surface area (Å²) < 4.78 is 5.15. The predicted molar refractivity (Wildman–Crippen MR) is 65.4 cm³/mol. The van der Waals surface area contributed by atoms with Gasteiger partial charge >= 0.3 is 11.7 Å². The van der Waals surface area contributed by atoms with Gasteiger partial charge in [0, 0.05) is 11.6 Å². The van der Waals surface area contributed by atoms with Crippen LogP contribution in [0.25, 0.3) is 0 Å². The molecule has 0 heterocycles. The molecule has 7 heteroatoms. The summed E-state index contributed by atoms with van der Waals surface area (Å²) in [5.41, 5.74) is -0.298. The van der Waals surface area contributed by atoms with Gasteiger partial charge in [-0.3, -0.25) is 14.9 Å². The van der Waals surface area contributed by atoms with E-state index in [2.05, 4.69) is 0 Å². The summed E-state index contributed by atoms with van der Waals surface area (Å²) in [7, 11) is 0. The maximum atomic E-state index is 10.9. The zero-order chi connectivity index (χ0) is 14.4. The Morgan fingerprint density at radius 3 is 2.74 bits per heavy atom. The number of aliphatic carboxylic acids is 1. The predicted octanol–water partition coefficient (Wildman–Crippen LogP) is 2.04. The second kappa shape index (κ2) is 6.48. The summed E-state index contributed by atoms with van der Waals surface area (Å²) in [6.45, 7) is 1.78. The number of nitro benzene ring substituents is 1. The second-order valence-electron chi connectivity index (χ2n) is 3.84. The monoisotopic (exact) mass is 267 g/mol. The number of hydrogen-bond donors (Lipinski definition) is 1. The first-order valence-corrected chi connectivity index (χ1v) is 5.62. The van der Waals surface area contributed by atoms with Gasteiger partial charge in [-0.2, -0.15) is 0 Å². The van der Waals surface area contributed by atoms with E-state index in [4.69, 9.17) is 9.84 Å². The van der Waals surface area contributed by atoms with Gasteiger partial charge < -0.3 is 9.84 Å². The number of carbonyl (C=O) groups excluding carboxylic acids is 1. The summed E-state index contributed by atoms with van der Waals surface area (Å²) >= 11 is 0. The van der Waals surface area contributed by atoms with Crippen LogP contribution >= 0.6 is 0 Å². The SMILES string of the molecule is CCCC(Oc1ccc(C=O)cc1[N+](=O)[O-])C(=O)O. The van der Waals surface area contributed by atoms with E-state index in [0.29, 0.717) is 12.7 Å². The molecule has 0 saturated carbocycles. The van der Waals surface area contributed by atoms with E-state index in [0.717, 1.165) is 6.07 Å². The van der Waals surface area contributed by atoms with E-state index in [9.17, 15) is 19.7 Å². The number of benzene rings is 1. The highest BCUT2D eigenvalue weighted by molar-refractivity contribution is 5.77. The van der Waals surface area contributed by atoms with Gasteiger partial charge in [-0.1, -0.05) is 13.3 Å². The number of hydrogen-bond acceptors (Lipinski definition) is 5. The Bertz CT molecular complexity index is 499. The third kappa shape index (κ3) is 3.77. The topological polar surface area (TPSA) is 107 Å². The van der Waals surface area contributed by atoms with Crippen LogP contribution in [-0.4, -0.2) is 28.4 Å². The van der Waals surface area contributed by atoms with Crippen LogP contribution in [0, 0.1) is 10.1 Å². The van der Waals surface area contributed by atoms with Crippen molar-refractivity contribution in [2.75, 3.05) is 0 Å². The zero-order valence-electron chi connectivity index (χ0n) is 10.2. The fraction of sp³-hybridized carbons (Fsp3) is 0.333. The van der Waals surface area contributed by atoms with Crippen molar-refractivity contribution in [3.63, 3.8) is 0 Å². The highest BCUT2D eigenvalue weighted by Crippen LogP contribution is 2.29. The normalized spacial score (nSPS) is 11.6. The maximum absolute atomic E-state index is 10.9. The van der Waals surface area contributed by atoms with Gasteiger partial charge in [0.05, 0.1) is 4.92 Å². The molecule has 0 aliphatic rings. The van der Waals surface area contributed by atoms with Crippen molar-refractivity contribution in [3.8, 4) is 5.75 Å². The van der Waals surface area contributed by atoms with Crippen molar-refractivity contribution < 1.29 is 24.4 Å². The van der Waals surface area contributed by atoms with Crippen molar-refractivity contribution in [2.45, 2.75) is 25.9 Å². The van der Waals surface area contributed by atoms with Crippen molar-refractivity contribution in [2.24, 2.45) is 0 Å². The number of rotatable bonds is 7. The van der Waals surface area contributed by atoms with Crippen LogP contribution < -0.4 is 4.74 Å². The first-order valence-electron chi connectivity index (χ1n) is 5.62. The van der Waals surface area contributed by atoms with Crippen LogP contribution in [0.1, 0.15) is 30.1 Å². The fourth-order valence-corrected chi connectivity index (χ4v) is 1.50. The van der Waals surface area contributed by atoms with Crippen molar-refractivity contribution in [3.05, 3.63) is 33.9 Å². The summed E-state index contributed by atoms with van der Waals surface area (Å²) in [6, 6.07) is 3.61. The first-order chi connectivity index (χ1) is 8.99. The molecule has 0 spiro atoms. The molecule has 0 aliphatic carbocycles. The van der Waals surface area contributed by atoms with E-state index in [1.165, 1.54) is 12.1 Å². The van der Waals surface area contributed by atoms with Gasteiger partial charge in [0.15, 0.2) is 11.9 Å². The number of aldehydes is 1. The molecule has 0 fully saturated rings. The Balaban J connectivity index is 3.08. The number of nitro groups is 1. The Morgan fingerprint density at radius 2 is 2.26 bits per heavy atom. The van der Waals surface area contributed by atoms with Crippen LogP contribution in [0.3, 0.4) is 0 Å². The van der Waals surface area contributed by atoms with E-state index in [1.807, 2.05) is 0 Å². The molecule has 0 aromatic heterocycles. The first kappa shape index (κ1) is 14.6. The molecule has 1 aromatic rings. The quantitative estimate of drug-likeness (QED) is 0.460. The highest BCUT2D eigenvalue weighted by Gasteiger charge is 2.23. The molecule has 0 radical (unpaired) electrons. The summed E-state index contributed by atoms with van der Waals surface area (Å²) in [6.07, 6.45) is 0.127. The van der Waals surface area contributed by atoms with Gasteiger partial charge in [0.1, 0.15) is 6.29 Å². The number of carboxylic acid groups (broad SMARTS) is 1. The van der Waals surface area contributed by atoms with Crippen molar-refractivity contribution in [1.82, 2.24) is 0 Å². The smallest absolute Gasteiger partial charge is 0.344 e. The van der Waals surface area contributed by atoms with Crippen LogP contribution in [-0.2, 0) is 4.79 Å². The molecule has 1 rings (SSSR count). The standard InChI is InChI=1S/C12H13NO6/c1-2-3-11(12(15)16)19-10-5-4-8(7-14)6-9(10)13(17)18/h4-7,11H,2-3H2,1H3,(H,15,16). The maximum Gasteiger partial charge on any atom is 0.344 e. The molecule has 1 aromatic carbocycles. The lowest BCUT2D eigenvalue weighted by Gasteiger charge is -2.14. The average molecular weight is 267 g/mol. The molecule has 0 saturated heterocycles. The molecule has 19 heavy (non-hydrogen) atoms. The minimum Gasteiger partial charge on any atom is -0.479 e. The molecular formula is C12H13NO6. The lowest BCUT2D eigenvalue weighted by molar-refractivity contribution is -0.386. The van der Waals surface area contributed by atoms with Gasteiger partial charge in [-0.05, 0) is 18.6 Å². The van der Waals surface area contributed by atoms with Crippen molar-refractivity contribution in [1.29, 1.82) is 0 Å². The highest BCUT2D eigenvalue weighted by atomic mass is 16.6. The Labute approximate surface area is 109 Å². The van der Waals surface area contributed by atoms with Crippen LogP contribution in [0.4, 0.5) is 5.69 Å². The molecular weight excluding hydrogens is 254 g/mol. The largest absolute Gasteiger partial charge is 0.479 e. The van der Waals surface area contributed by atoms with Crippen LogP contribution in [0.5, 0.6) is 5.75 Å². The number of carbonyl (C=O) groups is 2. The third-order valence-electron chi connectivity index (χ3n) is 2.41. The molecule has 102 valence electrons. The summed E-state index contributed by atoms with van der Waals surface area (Å²) in [5, 5.41) is 19.8. The molecule has 7 nitrogen and oxygen atoms in total. The minimum atomic E-state index is -1.18. The van der Waals surface area contributed by atoms with E-state index >= 15 is 0 Å². The lowest BCUT2D eigenvalue weighted by atomic mass is 10.2. The second-order valence-corrected chi connectivity index (χ2v) is 3.84. The number of carboxylic acids is 1.